The SMILES string of the molecule is COc1ccc(N2CCN(C[C@@H]3C(=O)O[C@@H]4C[C@@]5(C)CCC[C@]6(CO6)[C@@H]5C[C@H]34)C[C@@H]2C)cc1. The fourth-order valence-corrected chi connectivity index (χ4v) is 7.80. The van der Waals surface area contributed by atoms with Gasteiger partial charge in [-0.15, -0.1) is 0 Å². The van der Waals surface area contributed by atoms with E-state index in [2.05, 4.69) is 35.8 Å². The number of methoxy groups -OCH3 is 1. The third-order valence-electron chi connectivity index (χ3n) is 9.65. The number of esters is 1. The van der Waals surface area contributed by atoms with Gasteiger partial charge in [-0.3, -0.25) is 9.69 Å². The third kappa shape index (κ3) is 3.65. The summed E-state index contributed by atoms with van der Waals surface area (Å²) in [5.41, 5.74) is 1.62. The number of rotatable bonds is 4. The molecule has 5 fully saturated rings. The number of ether oxygens (including phenoxy) is 3. The molecule has 6 nitrogen and oxygen atoms in total. The van der Waals surface area contributed by atoms with Crippen molar-refractivity contribution in [2.75, 3.05) is 44.8 Å². The molecule has 3 heterocycles. The fraction of sp³-hybridized carbons (Fsp3) is 0.741. The van der Waals surface area contributed by atoms with Crippen LogP contribution in [-0.2, 0) is 14.3 Å². The van der Waals surface area contributed by atoms with E-state index in [1.807, 2.05) is 12.1 Å². The maximum Gasteiger partial charge on any atom is 0.310 e. The molecule has 33 heavy (non-hydrogen) atoms. The first-order valence-electron chi connectivity index (χ1n) is 12.9. The normalized spacial score (nSPS) is 42.6. The average molecular weight is 455 g/mol. The molecule has 3 saturated heterocycles. The Hall–Kier alpha value is -1.79. The standard InChI is InChI=1S/C27H38N2O4/c1-18-15-28(11-12-29(18)19-5-7-20(31-3)8-6-19)16-22-21-13-24-26(2,14-23(21)33-25(22)30)9-4-10-27(24)17-32-27/h5-8,18,21-24H,4,9-17H2,1-3H3/t18-,21+,22-,23+,24+,26+,27-/m0/s1. The van der Waals surface area contributed by atoms with Crippen molar-refractivity contribution in [3.8, 4) is 5.75 Å². The zero-order valence-electron chi connectivity index (χ0n) is 20.3. The Bertz CT molecular complexity index is 900. The Labute approximate surface area is 197 Å². The van der Waals surface area contributed by atoms with Crippen molar-refractivity contribution in [3.63, 3.8) is 0 Å². The lowest BCUT2D eigenvalue weighted by Crippen LogP contribution is -2.54. The molecule has 5 aliphatic rings. The first kappa shape index (κ1) is 21.7. The van der Waals surface area contributed by atoms with Gasteiger partial charge in [0.2, 0.25) is 0 Å². The van der Waals surface area contributed by atoms with E-state index in [-0.39, 0.29) is 29.0 Å². The maximum atomic E-state index is 13.0. The van der Waals surface area contributed by atoms with E-state index in [4.69, 9.17) is 14.2 Å². The highest BCUT2D eigenvalue weighted by Crippen LogP contribution is 2.62. The van der Waals surface area contributed by atoms with Gasteiger partial charge in [-0.1, -0.05) is 6.92 Å². The maximum absolute atomic E-state index is 13.0. The molecule has 0 unspecified atom stereocenters. The Kier molecular flexibility index (Phi) is 5.18. The van der Waals surface area contributed by atoms with Crippen LogP contribution in [0.2, 0.25) is 0 Å². The molecular weight excluding hydrogens is 416 g/mol. The summed E-state index contributed by atoms with van der Waals surface area (Å²) in [5.74, 6) is 1.88. The van der Waals surface area contributed by atoms with Gasteiger partial charge in [0, 0.05) is 43.8 Å². The largest absolute Gasteiger partial charge is 0.497 e. The van der Waals surface area contributed by atoms with E-state index in [0.29, 0.717) is 17.9 Å². The molecule has 0 bridgehead atoms. The lowest BCUT2D eigenvalue weighted by molar-refractivity contribution is -0.147. The van der Waals surface area contributed by atoms with Crippen molar-refractivity contribution >= 4 is 11.7 Å². The fourth-order valence-electron chi connectivity index (χ4n) is 7.80. The summed E-state index contributed by atoms with van der Waals surface area (Å²) in [6.45, 7) is 9.40. The zero-order valence-corrected chi connectivity index (χ0v) is 20.3. The van der Waals surface area contributed by atoms with Gasteiger partial charge in [-0.25, -0.2) is 0 Å². The predicted octanol–water partition coefficient (Wildman–Crippen LogP) is 3.73. The molecule has 0 radical (unpaired) electrons. The van der Waals surface area contributed by atoms with E-state index in [1.165, 1.54) is 24.9 Å². The van der Waals surface area contributed by atoms with Crippen molar-refractivity contribution in [2.45, 2.75) is 63.7 Å². The number of benzene rings is 1. The zero-order chi connectivity index (χ0) is 22.8. The minimum Gasteiger partial charge on any atom is -0.497 e. The lowest BCUT2D eigenvalue weighted by Gasteiger charge is -2.51. The number of piperazine rings is 1. The number of epoxide rings is 1. The monoisotopic (exact) mass is 454 g/mol. The van der Waals surface area contributed by atoms with Crippen LogP contribution in [0.15, 0.2) is 24.3 Å². The van der Waals surface area contributed by atoms with Gasteiger partial charge in [0.25, 0.3) is 0 Å². The van der Waals surface area contributed by atoms with Gasteiger partial charge in [-0.2, -0.15) is 0 Å². The summed E-state index contributed by atoms with van der Waals surface area (Å²) in [6.07, 6.45) is 5.93. The Morgan fingerprint density at radius 3 is 2.67 bits per heavy atom. The number of carbonyl (C=O) groups is 1. The number of fused-ring (bicyclic) bond motifs is 3. The van der Waals surface area contributed by atoms with E-state index in [9.17, 15) is 4.79 Å². The highest BCUT2D eigenvalue weighted by Gasteiger charge is 2.65. The molecule has 180 valence electrons. The summed E-state index contributed by atoms with van der Waals surface area (Å²) in [5, 5.41) is 0. The number of nitrogens with zero attached hydrogens (tertiary/aromatic N) is 2. The second-order valence-electron chi connectivity index (χ2n) is 11.6. The van der Waals surface area contributed by atoms with Crippen molar-refractivity contribution in [2.24, 2.45) is 23.2 Å². The predicted molar refractivity (Wildman–Crippen MR) is 126 cm³/mol. The molecule has 1 spiro atoms. The van der Waals surface area contributed by atoms with Gasteiger partial charge in [-0.05, 0) is 74.6 Å². The lowest BCUT2D eigenvalue weighted by atomic mass is 9.53. The number of hydrogen-bond donors (Lipinski definition) is 0. The third-order valence-corrected chi connectivity index (χ3v) is 9.65. The van der Waals surface area contributed by atoms with E-state index in [1.54, 1.807) is 7.11 Å². The Balaban J connectivity index is 1.12. The number of hydrogen-bond acceptors (Lipinski definition) is 6. The van der Waals surface area contributed by atoms with Crippen LogP contribution in [0.4, 0.5) is 5.69 Å². The van der Waals surface area contributed by atoms with Crippen molar-refractivity contribution < 1.29 is 19.0 Å². The summed E-state index contributed by atoms with van der Waals surface area (Å²) in [7, 11) is 1.70. The van der Waals surface area contributed by atoms with Crippen LogP contribution in [0.5, 0.6) is 5.75 Å². The summed E-state index contributed by atoms with van der Waals surface area (Å²) in [4.78, 5) is 18.0. The second kappa shape index (κ2) is 7.88. The first-order valence-corrected chi connectivity index (χ1v) is 12.9. The molecule has 2 aliphatic carbocycles. The summed E-state index contributed by atoms with van der Waals surface area (Å²) >= 11 is 0. The van der Waals surface area contributed by atoms with Gasteiger partial charge in [0.05, 0.1) is 25.2 Å². The molecule has 6 rings (SSSR count). The quantitative estimate of drug-likeness (QED) is 0.510. The van der Waals surface area contributed by atoms with E-state index >= 15 is 0 Å². The van der Waals surface area contributed by atoms with Crippen LogP contribution in [0.1, 0.15) is 46.0 Å². The average Bonchev–Trinajstić information content (AvgIpc) is 3.51. The molecule has 3 aliphatic heterocycles. The highest BCUT2D eigenvalue weighted by atomic mass is 16.6. The van der Waals surface area contributed by atoms with Crippen LogP contribution < -0.4 is 9.64 Å². The Morgan fingerprint density at radius 2 is 1.97 bits per heavy atom. The highest BCUT2D eigenvalue weighted by molar-refractivity contribution is 5.75. The van der Waals surface area contributed by atoms with Gasteiger partial charge >= 0.3 is 5.97 Å². The van der Waals surface area contributed by atoms with Gasteiger partial charge in [0.15, 0.2) is 0 Å². The second-order valence-corrected chi connectivity index (χ2v) is 11.6. The molecule has 2 saturated carbocycles. The van der Waals surface area contributed by atoms with Crippen molar-refractivity contribution in [1.82, 2.24) is 4.90 Å². The van der Waals surface area contributed by atoms with E-state index in [0.717, 1.165) is 51.4 Å². The van der Waals surface area contributed by atoms with Gasteiger partial charge < -0.3 is 19.1 Å². The summed E-state index contributed by atoms with van der Waals surface area (Å²) < 4.78 is 17.4. The summed E-state index contributed by atoms with van der Waals surface area (Å²) in [6, 6.07) is 8.74. The number of carbonyl (C=O) groups excluding carboxylic acids is 1. The first-order chi connectivity index (χ1) is 15.9. The Morgan fingerprint density at radius 1 is 1.18 bits per heavy atom. The van der Waals surface area contributed by atoms with Crippen LogP contribution in [0, 0.1) is 23.2 Å². The molecule has 6 heteroatoms. The van der Waals surface area contributed by atoms with Crippen molar-refractivity contribution in [1.29, 1.82) is 0 Å². The smallest absolute Gasteiger partial charge is 0.310 e. The molecule has 0 aromatic heterocycles. The molecule has 1 aromatic rings. The molecule has 7 atom stereocenters. The van der Waals surface area contributed by atoms with E-state index < -0.39 is 0 Å². The minimum atomic E-state index is 0.0111. The topological polar surface area (TPSA) is 54.5 Å². The van der Waals surface area contributed by atoms with Crippen LogP contribution >= 0.6 is 0 Å². The molecule has 1 aromatic carbocycles. The van der Waals surface area contributed by atoms with Crippen LogP contribution in [-0.4, -0.2) is 68.5 Å². The molecule has 0 amide bonds. The molecular formula is C27H38N2O4. The van der Waals surface area contributed by atoms with Gasteiger partial charge in [0.1, 0.15) is 11.9 Å². The minimum absolute atomic E-state index is 0.0111. The van der Waals surface area contributed by atoms with Crippen LogP contribution in [0.25, 0.3) is 0 Å². The van der Waals surface area contributed by atoms with Crippen molar-refractivity contribution in [3.05, 3.63) is 24.3 Å². The molecule has 0 N–H and O–H groups in total. The van der Waals surface area contributed by atoms with Crippen LogP contribution in [0.3, 0.4) is 0 Å². The number of anilines is 1.